The van der Waals surface area contributed by atoms with E-state index in [1.54, 1.807) is 10.9 Å². The number of nitrogens with one attached hydrogen (secondary N) is 1. The molecule has 120 valence electrons. The van der Waals surface area contributed by atoms with E-state index >= 15 is 0 Å². The Balaban J connectivity index is 1.88. The van der Waals surface area contributed by atoms with E-state index < -0.39 is 17.8 Å². The third-order valence-corrected chi connectivity index (χ3v) is 3.24. The molecule has 1 heterocycles. The Morgan fingerprint density at radius 1 is 1.32 bits per heavy atom. The van der Waals surface area contributed by atoms with Gasteiger partial charge in [-0.15, -0.1) is 0 Å². The van der Waals surface area contributed by atoms with Crippen LogP contribution < -0.4 is 5.32 Å². The van der Waals surface area contributed by atoms with Crippen molar-refractivity contribution in [3.8, 4) is 0 Å². The number of aryl methyl sites for hydroxylation is 1. The normalized spacial score (nSPS) is 13.3. The summed E-state index contributed by atoms with van der Waals surface area (Å²) >= 11 is 0. The van der Waals surface area contributed by atoms with Gasteiger partial charge in [0, 0.05) is 19.3 Å². The van der Waals surface area contributed by atoms with E-state index in [1.165, 1.54) is 18.2 Å². The van der Waals surface area contributed by atoms with Gasteiger partial charge in [-0.05, 0) is 24.1 Å². The summed E-state index contributed by atoms with van der Waals surface area (Å²) in [4.78, 5) is 0. The Hall–Kier alpha value is -1.86. The quantitative estimate of drug-likeness (QED) is 0.806. The Bertz CT molecular complexity index is 610. The highest BCUT2D eigenvalue weighted by molar-refractivity contribution is 5.31. The number of alkyl halides is 3. The maximum Gasteiger partial charge on any atom is 0.416 e. The number of hydrogen-bond donors (Lipinski definition) is 2. The van der Waals surface area contributed by atoms with Crippen molar-refractivity contribution in [1.82, 2.24) is 15.1 Å². The molecule has 0 saturated carbocycles. The van der Waals surface area contributed by atoms with Crippen molar-refractivity contribution in [1.29, 1.82) is 0 Å². The average Bonchev–Trinajstić information content (AvgIpc) is 2.88. The van der Waals surface area contributed by atoms with Crippen LogP contribution in [0, 0.1) is 6.92 Å². The lowest BCUT2D eigenvalue weighted by atomic mass is 10.0. The predicted octanol–water partition coefficient (Wildman–Crippen LogP) is 2.53. The first-order valence-corrected chi connectivity index (χ1v) is 6.92. The minimum absolute atomic E-state index is 0.0490. The molecule has 4 nitrogen and oxygen atoms in total. The molecule has 2 aromatic rings. The number of halogens is 3. The zero-order valence-corrected chi connectivity index (χ0v) is 12.1. The Morgan fingerprint density at radius 2 is 2.05 bits per heavy atom. The van der Waals surface area contributed by atoms with E-state index in [-0.39, 0.29) is 12.1 Å². The summed E-state index contributed by atoms with van der Waals surface area (Å²) in [5.41, 5.74) is 0.128. The minimum atomic E-state index is -4.47. The molecule has 1 aromatic heterocycles. The van der Waals surface area contributed by atoms with Crippen LogP contribution in [0.25, 0.3) is 0 Å². The molecule has 0 aliphatic rings. The second-order valence-corrected chi connectivity index (χ2v) is 5.09. The van der Waals surface area contributed by atoms with Crippen molar-refractivity contribution in [2.45, 2.75) is 25.7 Å². The SMILES string of the molecule is Cc1cnn(CCNC[C@@H](O)c2ccccc2C(F)(F)F)c1. The molecule has 0 unspecified atom stereocenters. The van der Waals surface area contributed by atoms with E-state index in [1.807, 2.05) is 13.1 Å². The van der Waals surface area contributed by atoms with E-state index in [9.17, 15) is 18.3 Å². The molecular weight excluding hydrogens is 295 g/mol. The number of aliphatic hydroxyl groups excluding tert-OH is 1. The minimum Gasteiger partial charge on any atom is -0.387 e. The van der Waals surface area contributed by atoms with Gasteiger partial charge in [0.1, 0.15) is 0 Å². The fourth-order valence-electron chi connectivity index (χ4n) is 2.18. The van der Waals surface area contributed by atoms with Crippen molar-refractivity contribution in [3.63, 3.8) is 0 Å². The molecule has 7 heteroatoms. The van der Waals surface area contributed by atoms with Gasteiger partial charge in [0.2, 0.25) is 0 Å². The lowest BCUT2D eigenvalue weighted by molar-refractivity contribution is -0.139. The van der Waals surface area contributed by atoms with Gasteiger partial charge in [0.25, 0.3) is 0 Å². The molecule has 2 N–H and O–H groups in total. The number of rotatable bonds is 6. The summed E-state index contributed by atoms with van der Waals surface area (Å²) < 4.78 is 40.4. The molecule has 0 spiro atoms. The molecule has 0 aliphatic heterocycles. The monoisotopic (exact) mass is 313 g/mol. The number of hydrogen-bond acceptors (Lipinski definition) is 3. The van der Waals surface area contributed by atoms with Gasteiger partial charge in [0.15, 0.2) is 0 Å². The smallest absolute Gasteiger partial charge is 0.387 e. The van der Waals surface area contributed by atoms with Gasteiger partial charge < -0.3 is 10.4 Å². The maximum absolute atomic E-state index is 12.9. The Morgan fingerprint density at radius 3 is 2.68 bits per heavy atom. The fraction of sp³-hybridized carbons (Fsp3) is 0.400. The molecule has 22 heavy (non-hydrogen) atoms. The van der Waals surface area contributed by atoms with Crippen molar-refractivity contribution < 1.29 is 18.3 Å². The second kappa shape index (κ2) is 6.93. The standard InChI is InChI=1S/C15H18F3N3O/c1-11-8-20-21(10-11)7-6-19-9-14(22)12-4-2-3-5-13(12)15(16,17)18/h2-5,8,10,14,19,22H,6-7,9H2,1H3/t14-/m1/s1. The number of benzene rings is 1. The second-order valence-electron chi connectivity index (χ2n) is 5.09. The van der Waals surface area contributed by atoms with Crippen LogP contribution in [0.1, 0.15) is 22.8 Å². The summed E-state index contributed by atoms with van der Waals surface area (Å²) in [5.74, 6) is 0. The van der Waals surface area contributed by atoms with E-state index in [0.717, 1.165) is 11.6 Å². The first-order chi connectivity index (χ1) is 10.4. The summed E-state index contributed by atoms with van der Waals surface area (Å²) in [6, 6.07) is 5.07. The molecule has 0 aliphatic carbocycles. The van der Waals surface area contributed by atoms with Crippen LogP contribution in [-0.4, -0.2) is 28.0 Å². The predicted molar refractivity (Wildman–Crippen MR) is 76.2 cm³/mol. The van der Waals surface area contributed by atoms with Crippen molar-refractivity contribution in [2.75, 3.05) is 13.1 Å². The number of nitrogens with zero attached hydrogens (tertiary/aromatic N) is 2. The topological polar surface area (TPSA) is 50.1 Å². The van der Waals surface area contributed by atoms with Crippen LogP contribution in [-0.2, 0) is 12.7 Å². The third-order valence-electron chi connectivity index (χ3n) is 3.24. The summed E-state index contributed by atoms with van der Waals surface area (Å²) in [6.07, 6.45) is -2.08. The highest BCUT2D eigenvalue weighted by Crippen LogP contribution is 2.34. The van der Waals surface area contributed by atoms with Gasteiger partial charge in [-0.2, -0.15) is 18.3 Å². The molecule has 1 atom stereocenters. The van der Waals surface area contributed by atoms with Gasteiger partial charge in [0.05, 0.1) is 24.4 Å². The lowest BCUT2D eigenvalue weighted by Crippen LogP contribution is -2.26. The van der Waals surface area contributed by atoms with Crippen LogP contribution in [0.3, 0.4) is 0 Å². The molecule has 0 fully saturated rings. The van der Waals surface area contributed by atoms with Crippen LogP contribution in [0.15, 0.2) is 36.7 Å². The molecule has 0 bridgehead atoms. The van der Waals surface area contributed by atoms with Crippen molar-refractivity contribution in [3.05, 3.63) is 53.3 Å². The molecular formula is C15H18F3N3O. The van der Waals surface area contributed by atoms with Crippen LogP contribution >= 0.6 is 0 Å². The van der Waals surface area contributed by atoms with Crippen LogP contribution in [0.4, 0.5) is 13.2 Å². The number of aliphatic hydroxyl groups is 1. The Kier molecular flexibility index (Phi) is 5.20. The average molecular weight is 313 g/mol. The van der Waals surface area contributed by atoms with Gasteiger partial charge in [-0.25, -0.2) is 0 Å². The Labute approximate surface area is 126 Å². The highest BCUT2D eigenvalue weighted by atomic mass is 19.4. The summed E-state index contributed by atoms with van der Waals surface area (Å²) in [7, 11) is 0. The highest BCUT2D eigenvalue weighted by Gasteiger charge is 2.34. The van der Waals surface area contributed by atoms with Gasteiger partial charge >= 0.3 is 6.18 Å². The molecule has 0 radical (unpaired) electrons. The zero-order valence-electron chi connectivity index (χ0n) is 12.1. The largest absolute Gasteiger partial charge is 0.416 e. The van der Waals surface area contributed by atoms with E-state index in [4.69, 9.17) is 0 Å². The molecule has 2 rings (SSSR count). The van der Waals surface area contributed by atoms with E-state index in [0.29, 0.717) is 13.1 Å². The first kappa shape index (κ1) is 16.5. The van der Waals surface area contributed by atoms with Crippen molar-refractivity contribution >= 4 is 0 Å². The lowest BCUT2D eigenvalue weighted by Gasteiger charge is -2.18. The summed E-state index contributed by atoms with van der Waals surface area (Å²) in [5, 5.41) is 17.0. The molecule has 0 amide bonds. The third kappa shape index (κ3) is 4.32. The van der Waals surface area contributed by atoms with Crippen LogP contribution in [0.2, 0.25) is 0 Å². The first-order valence-electron chi connectivity index (χ1n) is 6.92. The summed E-state index contributed by atoms with van der Waals surface area (Å²) in [6.45, 7) is 3.07. The van der Waals surface area contributed by atoms with Gasteiger partial charge in [-0.3, -0.25) is 4.68 Å². The molecule has 0 saturated heterocycles. The maximum atomic E-state index is 12.9. The number of aromatic nitrogens is 2. The van der Waals surface area contributed by atoms with Crippen molar-refractivity contribution in [2.24, 2.45) is 0 Å². The zero-order chi connectivity index (χ0) is 16.2. The molecule has 1 aromatic carbocycles. The van der Waals surface area contributed by atoms with Gasteiger partial charge in [-0.1, -0.05) is 18.2 Å². The fourth-order valence-corrected chi connectivity index (χ4v) is 2.18. The van der Waals surface area contributed by atoms with E-state index in [2.05, 4.69) is 10.4 Å². The van der Waals surface area contributed by atoms with Crippen LogP contribution in [0.5, 0.6) is 0 Å².